The summed E-state index contributed by atoms with van der Waals surface area (Å²) in [5.74, 6) is 1.20. The SMILES string of the molecule is Cc1nc(-c2ncccn2)sc1C(=O)N1CCN(c2nnnn2-c2ccccc2)CC1. The van der Waals surface area contributed by atoms with Gasteiger partial charge in [0, 0.05) is 38.6 Å². The molecule has 4 heterocycles. The van der Waals surface area contributed by atoms with Gasteiger partial charge >= 0.3 is 0 Å². The van der Waals surface area contributed by atoms with Gasteiger partial charge in [-0.1, -0.05) is 23.3 Å². The smallest absolute Gasteiger partial charge is 0.265 e. The van der Waals surface area contributed by atoms with Gasteiger partial charge in [0.2, 0.25) is 5.95 Å². The number of aryl methyl sites for hydroxylation is 1. The second-order valence-corrected chi connectivity index (χ2v) is 8.01. The van der Waals surface area contributed by atoms with Crippen LogP contribution in [0.4, 0.5) is 5.95 Å². The Kier molecular flexibility index (Phi) is 5.08. The molecule has 5 rings (SSSR count). The average Bonchev–Trinajstić information content (AvgIpc) is 3.47. The first kappa shape index (κ1) is 19.2. The minimum Gasteiger partial charge on any atom is -0.336 e. The van der Waals surface area contributed by atoms with Crippen LogP contribution in [-0.2, 0) is 0 Å². The van der Waals surface area contributed by atoms with Gasteiger partial charge in [0.05, 0.1) is 11.4 Å². The summed E-state index contributed by atoms with van der Waals surface area (Å²) >= 11 is 1.34. The van der Waals surface area contributed by atoms with E-state index in [1.165, 1.54) is 11.3 Å². The Morgan fingerprint density at radius 2 is 1.74 bits per heavy atom. The first-order chi connectivity index (χ1) is 15.2. The summed E-state index contributed by atoms with van der Waals surface area (Å²) in [5, 5.41) is 12.8. The number of aromatic nitrogens is 7. The average molecular weight is 434 g/mol. The van der Waals surface area contributed by atoms with Crippen molar-refractivity contribution in [1.82, 2.24) is 40.1 Å². The Hall–Kier alpha value is -3.73. The Morgan fingerprint density at radius 1 is 1.00 bits per heavy atom. The largest absolute Gasteiger partial charge is 0.336 e. The summed E-state index contributed by atoms with van der Waals surface area (Å²) in [7, 11) is 0. The van der Waals surface area contributed by atoms with Crippen LogP contribution >= 0.6 is 11.3 Å². The number of hydrogen-bond donors (Lipinski definition) is 0. The molecule has 1 fully saturated rings. The molecule has 11 heteroatoms. The lowest BCUT2D eigenvalue weighted by molar-refractivity contribution is 0.0750. The lowest BCUT2D eigenvalue weighted by Gasteiger charge is -2.34. The van der Waals surface area contributed by atoms with E-state index in [9.17, 15) is 4.79 Å². The van der Waals surface area contributed by atoms with Crippen molar-refractivity contribution < 1.29 is 4.79 Å². The number of piperazine rings is 1. The van der Waals surface area contributed by atoms with Crippen molar-refractivity contribution in [3.63, 3.8) is 0 Å². The van der Waals surface area contributed by atoms with E-state index >= 15 is 0 Å². The number of hydrogen-bond acceptors (Lipinski definition) is 9. The summed E-state index contributed by atoms with van der Waals surface area (Å²) in [6.07, 6.45) is 3.34. The number of nitrogens with zero attached hydrogens (tertiary/aromatic N) is 9. The fourth-order valence-corrected chi connectivity index (χ4v) is 4.45. The second kappa shape index (κ2) is 8.19. The second-order valence-electron chi connectivity index (χ2n) is 7.01. The Bertz CT molecular complexity index is 1180. The number of carbonyl (C=O) groups is 1. The predicted octanol–water partition coefficient (Wildman–Crippen LogP) is 1.85. The summed E-state index contributed by atoms with van der Waals surface area (Å²) in [5.41, 5.74) is 1.60. The fraction of sp³-hybridized carbons (Fsp3) is 0.250. The molecule has 10 nitrogen and oxygen atoms in total. The number of amides is 1. The van der Waals surface area contributed by atoms with Crippen LogP contribution in [0.15, 0.2) is 48.8 Å². The molecule has 0 spiro atoms. The number of thiazole rings is 1. The molecular formula is C20H19N9OS. The third kappa shape index (κ3) is 3.75. The number of carbonyl (C=O) groups excluding carboxylic acids is 1. The number of tetrazole rings is 1. The van der Waals surface area contributed by atoms with E-state index in [2.05, 4.69) is 35.4 Å². The molecule has 31 heavy (non-hydrogen) atoms. The number of benzene rings is 1. The van der Waals surface area contributed by atoms with Gasteiger partial charge in [0.1, 0.15) is 4.88 Å². The normalized spacial score (nSPS) is 14.1. The monoisotopic (exact) mass is 433 g/mol. The standard InChI is InChI=1S/C20H19N9OS/c1-14-16(31-18(23-14)17-21-8-5-9-22-17)19(30)27-10-12-28(13-11-27)20-24-25-26-29(20)15-6-3-2-4-7-15/h2-9H,10-13H2,1H3. The highest BCUT2D eigenvalue weighted by molar-refractivity contribution is 7.17. The van der Waals surface area contributed by atoms with Gasteiger partial charge in [0.25, 0.3) is 5.91 Å². The first-order valence-corrected chi connectivity index (χ1v) is 10.6. The van der Waals surface area contributed by atoms with Gasteiger partial charge in [-0.25, -0.2) is 15.0 Å². The van der Waals surface area contributed by atoms with Crippen LogP contribution in [0.2, 0.25) is 0 Å². The fourth-order valence-electron chi connectivity index (χ4n) is 3.47. The van der Waals surface area contributed by atoms with E-state index in [0.717, 1.165) is 5.69 Å². The molecule has 1 amide bonds. The van der Waals surface area contributed by atoms with Crippen LogP contribution in [0.5, 0.6) is 0 Å². The van der Waals surface area contributed by atoms with Crippen molar-refractivity contribution in [1.29, 1.82) is 0 Å². The maximum absolute atomic E-state index is 13.1. The molecule has 4 aromatic rings. The van der Waals surface area contributed by atoms with E-state index in [4.69, 9.17) is 0 Å². The molecule has 0 bridgehead atoms. The lowest BCUT2D eigenvalue weighted by atomic mass is 10.2. The lowest BCUT2D eigenvalue weighted by Crippen LogP contribution is -2.49. The summed E-state index contributed by atoms with van der Waals surface area (Å²) in [4.78, 5) is 30.7. The number of rotatable bonds is 4. The molecule has 0 N–H and O–H groups in total. The van der Waals surface area contributed by atoms with E-state index in [1.807, 2.05) is 42.2 Å². The quantitative estimate of drug-likeness (QED) is 0.480. The number of para-hydroxylation sites is 1. The van der Waals surface area contributed by atoms with Gasteiger partial charge in [-0.2, -0.15) is 4.68 Å². The van der Waals surface area contributed by atoms with Gasteiger partial charge < -0.3 is 9.80 Å². The van der Waals surface area contributed by atoms with Crippen molar-refractivity contribution in [2.75, 3.05) is 31.1 Å². The molecule has 0 radical (unpaired) electrons. The summed E-state index contributed by atoms with van der Waals surface area (Å²) in [6.45, 7) is 4.29. The highest BCUT2D eigenvalue weighted by atomic mass is 32.1. The first-order valence-electron chi connectivity index (χ1n) is 9.83. The van der Waals surface area contributed by atoms with E-state index < -0.39 is 0 Å². The molecular weight excluding hydrogens is 414 g/mol. The zero-order chi connectivity index (χ0) is 21.2. The zero-order valence-corrected chi connectivity index (χ0v) is 17.6. The summed E-state index contributed by atoms with van der Waals surface area (Å²) < 4.78 is 1.72. The maximum atomic E-state index is 13.1. The Morgan fingerprint density at radius 3 is 2.48 bits per heavy atom. The van der Waals surface area contributed by atoms with Crippen molar-refractivity contribution in [2.45, 2.75) is 6.92 Å². The third-order valence-electron chi connectivity index (χ3n) is 5.05. The van der Waals surface area contributed by atoms with Crippen molar-refractivity contribution in [3.05, 3.63) is 59.4 Å². The summed E-state index contributed by atoms with van der Waals surface area (Å²) in [6, 6.07) is 11.5. The molecule has 0 aliphatic carbocycles. The van der Waals surface area contributed by atoms with E-state index in [1.54, 1.807) is 23.1 Å². The molecule has 3 aromatic heterocycles. The highest BCUT2D eigenvalue weighted by Crippen LogP contribution is 2.27. The van der Waals surface area contributed by atoms with Crippen LogP contribution in [-0.4, -0.2) is 72.1 Å². The van der Waals surface area contributed by atoms with Gasteiger partial charge in [0.15, 0.2) is 10.8 Å². The van der Waals surface area contributed by atoms with Crippen LogP contribution in [0.25, 0.3) is 16.5 Å². The number of anilines is 1. The van der Waals surface area contributed by atoms with Crippen LogP contribution in [0.1, 0.15) is 15.4 Å². The van der Waals surface area contributed by atoms with E-state index in [0.29, 0.717) is 53.5 Å². The topological polar surface area (TPSA) is 106 Å². The van der Waals surface area contributed by atoms with Gasteiger partial charge in [-0.05, 0) is 35.5 Å². The molecule has 0 saturated carbocycles. The Labute approximate surface area is 182 Å². The molecule has 156 valence electrons. The van der Waals surface area contributed by atoms with E-state index in [-0.39, 0.29) is 5.91 Å². The molecule has 1 aliphatic heterocycles. The van der Waals surface area contributed by atoms with Gasteiger partial charge in [-0.15, -0.1) is 11.3 Å². The van der Waals surface area contributed by atoms with Crippen molar-refractivity contribution >= 4 is 23.2 Å². The Balaban J connectivity index is 1.29. The zero-order valence-electron chi connectivity index (χ0n) is 16.8. The van der Waals surface area contributed by atoms with Gasteiger partial charge in [-0.3, -0.25) is 4.79 Å². The molecule has 1 aliphatic rings. The molecule has 1 saturated heterocycles. The third-order valence-corrected chi connectivity index (χ3v) is 6.19. The predicted molar refractivity (Wildman–Crippen MR) is 115 cm³/mol. The minimum absolute atomic E-state index is 0.0144. The minimum atomic E-state index is -0.0144. The molecule has 0 atom stereocenters. The molecule has 0 unspecified atom stereocenters. The van der Waals surface area contributed by atoms with Crippen LogP contribution < -0.4 is 4.90 Å². The highest BCUT2D eigenvalue weighted by Gasteiger charge is 2.28. The molecule has 1 aromatic carbocycles. The maximum Gasteiger partial charge on any atom is 0.265 e. The van der Waals surface area contributed by atoms with Crippen LogP contribution in [0, 0.1) is 6.92 Å². The van der Waals surface area contributed by atoms with Crippen LogP contribution in [0.3, 0.4) is 0 Å². The van der Waals surface area contributed by atoms with Crippen molar-refractivity contribution in [2.24, 2.45) is 0 Å². The van der Waals surface area contributed by atoms with Crippen molar-refractivity contribution in [3.8, 4) is 16.5 Å².